The van der Waals surface area contributed by atoms with Crippen molar-refractivity contribution >= 4 is 5.71 Å². The Balaban J connectivity index is 2.63. The molecular formula is C12H14F3NO3. The highest BCUT2D eigenvalue weighted by Crippen LogP contribution is 2.21. The predicted octanol–water partition coefficient (Wildman–Crippen LogP) is 2.58. The van der Waals surface area contributed by atoms with Crippen LogP contribution < -0.4 is 4.74 Å². The molecule has 0 saturated carbocycles. The highest BCUT2D eigenvalue weighted by atomic mass is 19.4. The number of nitrogens with zero attached hydrogens (tertiary/aromatic N) is 1. The Morgan fingerprint density at radius 3 is 2.32 bits per heavy atom. The molecule has 0 fully saturated rings. The summed E-state index contributed by atoms with van der Waals surface area (Å²) in [5.41, 5.74) is 1.11. The number of benzene rings is 1. The van der Waals surface area contributed by atoms with Gasteiger partial charge in [-0.3, -0.25) is 0 Å². The number of ether oxygens (including phenoxy) is 1. The van der Waals surface area contributed by atoms with Gasteiger partial charge in [-0.1, -0.05) is 12.1 Å². The topological polar surface area (TPSA) is 62.1 Å². The molecule has 0 heterocycles. The standard InChI is InChI=1S/C12H14F3NO3/c1-2-10(16-18)8-3-5-9(6-4-8)19-7-11(17)12(13,14)15/h3-6,11,17-18H,2,7H2,1H3. The first-order chi connectivity index (χ1) is 8.88. The third kappa shape index (κ3) is 4.44. The summed E-state index contributed by atoms with van der Waals surface area (Å²) in [4.78, 5) is 0. The number of rotatable bonds is 5. The van der Waals surface area contributed by atoms with Gasteiger partial charge in [0, 0.05) is 0 Å². The Labute approximate surface area is 108 Å². The fourth-order valence-corrected chi connectivity index (χ4v) is 1.35. The quantitative estimate of drug-likeness (QED) is 0.494. The molecule has 0 amide bonds. The Hall–Kier alpha value is -1.76. The molecule has 7 heteroatoms. The van der Waals surface area contributed by atoms with Crippen LogP contribution in [0.25, 0.3) is 0 Å². The SMILES string of the molecule is CCC(=NO)c1ccc(OCC(O)C(F)(F)F)cc1. The Morgan fingerprint density at radius 2 is 1.89 bits per heavy atom. The first-order valence-corrected chi connectivity index (χ1v) is 5.57. The minimum atomic E-state index is -4.70. The van der Waals surface area contributed by atoms with E-state index in [-0.39, 0.29) is 5.75 Å². The smallest absolute Gasteiger partial charge is 0.417 e. The molecule has 1 rings (SSSR count). The van der Waals surface area contributed by atoms with Crippen LogP contribution in [0.1, 0.15) is 18.9 Å². The fourth-order valence-electron chi connectivity index (χ4n) is 1.35. The molecule has 0 saturated heterocycles. The van der Waals surface area contributed by atoms with Gasteiger partial charge in [0.2, 0.25) is 0 Å². The number of oxime groups is 1. The minimum absolute atomic E-state index is 0.195. The van der Waals surface area contributed by atoms with Gasteiger partial charge in [-0.15, -0.1) is 0 Å². The van der Waals surface area contributed by atoms with Crippen molar-refractivity contribution in [2.45, 2.75) is 25.6 Å². The second-order valence-corrected chi connectivity index (χ2v) is 3.79. The second kappa shape index (κ2) is 6.42. The number of hydrogen-bond donors (Lipinski definition) is 2. The van der Waals surface area contributed by atoms with Crippen molar-refractivity contribution in [3.8, 4) is 5.75 Å². The van der Waals surface area contributed by atoms with E-state index in [2.05, 4.69) is 5.16 Å². The first-order valence-electron chi connectivity index (χ1n) is 5.57. The molecule has 0 bridgehead atoms. The maximum Gasteiger partial charge on any atom is 0.417 e. The lowest BCUT2D eigenvalue weighted by atomic mass is 10.1. The van der Waals surface area contributed by atoms with E-state index in [0.717, 1.165) is 0 Å². The molecule has 1 aromatic rings. The van der Waals surface area contributed by atoms with Crippen molar-refractivity contribution in [2.75, 3.05) is 6.61 Å². The Kier molecular flexibility index (Phi) is 5.17. The van der Waals surface area contributed by atoms with Gasteiger partial charge < -0.3 is 15.1 Å². The van der Waals surface area contributed by atoms with Crippen LogP contribution in [0.15, 0.2) is 29.4 Å². The zero-order valence-corrected chi connectivity index (χ0v) is 10.2. The molecular weight excluding hydrogens is 263 g/mol. The lowest BCUT2D eigenvalue weighted by Gasteiger charge is -2.15. The number of aliphatic hydroxyl groups is 1. The zero-order valence-electron chi connectivity index (χ0n) is 10.2. The van der Waals surface area contributed by atoms with Crippen molar-refractivity contribution in [3.05, 3.63) is 29.8 Å². The van der Waals surface area contributed by atoms with E-state index in [1.807, 2.05) is 0 Å². The van der Waals surface area contributed by atoms with Gasteiger partial charge in [0.1, 0.15) is 12.4 Å². The van der Waals surface area contributed by atoms with Crippen LogP contribution in [0.3, 0.4) is 0 Å². The molecule has 0 spiro atoms. The van der Waals surface area contributed by atoms with E-state index in [0.29, 0.717) is 17.7 Å². The van der Waals surface area contributed by atoms with E-state index in [1.165, 1.54) is 12.1 Å². The third-order valence-corrected chi connectivity index (χ3v) is 2.43. The molecule has 4 nitrogen and oxygen atoms in total. The summed E-state index contributed by atoms with van der Waals surface area (Å²) in [6.07, 6.45) is -6.69. The lowest BCUT2D eigenvalue weighted by molar-refractivity contribution is -0.210. The Bertz CT molecular complexity index is 429. The van der Waals surface area contributed by atoms with Crippen LogP contribution in [0, 0.1) is 0 Å². The van der Waals surface area contributed by atoms with Crippen LogP contribution in [0.4, 0.5) is 13.2 Å². The summed E-state index contributed by atoms with van der Waals surface area (Å²) >= 11 is 0. The monoisotopic (exact) mass is 277 g/mol. The summed E-state index contributed by atoms with van der Waals surface area (Å²) in [5.74, 6) is 0.195. The number of halogens is 3. The maximum absolute atomic E-state index is 12.0. The van der Waals surface area contributed by atoms with Gasteiger partial charge in [0.05, 0.1) is 5.71 Å². The number of aliphatic hydroxyl groups excluding tert-OH is 1. The summed E-state index contributed by atoms with van der Waals surface area (Å²) in [5, 5.41) is 20.6. The van der Waals surface area contributed by atoms with Gasteiger partial charge >= 0.3 is 6.18 Å². The molecule has 0 aromatic heterocycles. The highest BCUT2D eigenvalue weighted by molar-refractivity contribution is 6.00. The molecule has 0 aliphatic heterocycles. The molecule has 19 heavy (non-hydrogen) atoms. The van der Waals surface area contributed by atoms with Crippen molar-refractivity contribution in [3.63, 3.8) is 0 Å². The van der Waals surface area contributed by atoms with Crippen molar-refractivity contribution in [1.82, 2.24) is 0 Å². The maximum atomic E-state index is 12.0. The molecule has 0 aliphatic rings. The summed E-state index contributed by atoms with van der Waals surface area (Å²) in [6.45, 7) is 0.941. The van der Waals surface area contributed by atoms with Crippen molar-refractivity contribution in [2.24, 2.45) is 5.16 Å². The lowest BCUT2D eigenvalue weighted by Crippen LogP contribution is -2.34. The summed E-state index contributed by atoms with van der Waals surface area (Å²) in [7, 11) is 0. The van der Waals surface area contributed by atoms with E-state index in [9.17, 15) is 13.2 Å². The summed E-state index contributed by atoms with van der Waals surface area (Å²) < 4.78 is 40.9. The molecule has 0 aliphatic carbocycles. The largest absolute Gasteiger partial charge is 0.491 e. The normalized spacial score (nSPS) is 14.3. The van der Waals surface area contributed by atoms with Crippen LogP contribution in [-0.4, -0.2) is 34.9 Å². The first kappa shape index (κ1) is 15.3. The van der Waals surface area contributed by atoms with Crippen molar-refractivity contribution in [1.29, 1.82) is 0 Å². The second-order valence-electron chi connectivity index (χ2n) is 3.79. The van der Waals surface area contributed by atoms with E-state index in [4.69, 9.17) is 15.1 Å². The minimum Gasteiger partial charge on any atom is -0.491 e. The molecule has 1 atom stereocenters. The zero-order chi connectivity index (χ0) is 14.5. The van der Waals surface area contributed by atoms with Crippen LogP contribution in [0.2, 0.25) is 0 Å². The van der Waals surface area contributed by atoms with E-state index >= 15 is 0 Å². The predicted molar refractivity (Wildman–Crippen MR) is 62.6 cm³/mol. The fraction of sp³-hybridized carbons (Fsp3) is 0.417. The van der Waals surface area contributed by atoms with Gasteiger partial charge in [0.25, 0.3) is 0 Å². The molecule has 0 radical (unpaired) electrons. The van der Waals surface area contributed by atoms with E-state index < -0.39 is 18.9 Å². The average Bonchev–Trinajstić information content (AvgIpc) is 2.37. The van der Waals surface area contributed by atoms with Gasteiger partial charge in [-0.05, 0) is 36.2 Å². The number of alkyl halides is 3. The highest BCUT2D eigenvalue weighted by Gasteiger charge is 2.38. The van der Waals surface area contributed by atoms with E-state index in [1.54, 1.807) is 19.1 Å². The van der Waals surface area contributed by atoms with Crippen LogP contribution >= 0.6 is 0 Å². The molecule has 2 N–H and O–H groups in total. The number of hydrogen-bond acceptors (Lipinski definition) is 4. The molecule has 1 unspecified atom stereocenters. The van der Waals surface area contributed by atoms with Crippen molar-refractivity contribution < 1.29 is 28.2 Å². The van der Waals surface area contributed by atoms with Gasteiger partial charge in [0.15, 0.2) is 6.10 Å². The van der Waals surface area contributed by atoms with Gasteiger partial charge in [-0.2, -0.15) is 13.2 Å². The third-order valence-electron chi connectivity index (χ3n) is 2.43. The average molecular weight is 277 g/mol. The van der Waals surface area contributed by atoms with Crippen LogP contribution in [0.5, 0.6) is 5.75 Å². The Morgan fingerprint density at radius 1 is 1.32 bits per heavy atom. The summed E-state index contributed by atoms with van der Waals surface area (Å²) in [6, 6.07) is 6.01. The van der Waals surface area contributed by atoms with Gasteiger partial charge in [-0.25, -0.2) is 0 Å². The molecule has 106 valence electrons. The van der Waals surface area contributed by atoms with Crippen LogP contribution in [-0.2, 0) is 0 Å². The molecule has 1 aromatic carbocycles.